The highest BCUT2D eigenvalue weighted by atomic mass is 127. The third kappa shape index (κ3) is 7.44. The minimum Gasteiger partial charge on any atom is -0.379 e. The van der Waals surface area contributed by atoms with Crippen LogP contribution < -0.4 is 11.1 Å². The molecule has 6 heteroatoms. The fourth-order valence-electron chi connectivity index (χ4n) is 2.15. The van der Waals surface area contributed by atoms with Gasteiger partial charge >= 0.3 is 0 Å². The molecule has 0 saturated carbocycles. The van der Waals surface area contributed by atoms with Crippen LogP contribution in [-0.2, 0) is 4.74 Å². The van der Waals surface area contributed by atoms with E-state index in [0.29, 0.717) is 24.5 Å². The number of hydrogen-bond acceptors (Lipinski definition) is 3. The van der Waals surface area contributed by atoms with Crippen molar-refractivity contribution in [2.24, 2.45) is 16.6 Å². The Balaban J connectivity index is 0.00000361. The van der Waals surface area contributed by atoms with Gasteiger partial charge in [0.2, 0.25) is 0 Å². The van der Waals surface area contributed by atoms with Gasteiger partial charge in [0.05, 0.1) is 19.8 Å². The lowest BCUT2D eigenvalue weighted by Crippen LogP contribution is -2.48. The first-order valence-electron chi connectivity index (χ1n) is 7.00. The van der Waals surface area contributed by atoms with E-state index in [1.54, 1.807) is 0 Å². The van der Waals surface area contributed by atoms with E-state index in [2.05, 4.69) is 35.6 Å². The molecule has 20 heavy (non-hydrogen) atoms. The first-order chi connectivity index (χ1) is 9.00. The Bertz CT molecular complexity index is 314. The highest BCUT2D eigenvalue weighted by Gasteiger charge is 2.23. The van der Waals surface area contributed by atoms with E-state index in [-0.39, 0.29) is 24.0 Å². The normalized spacial score (nSPS) is 18.5. The van der Waals surface area contributed by atoms with Crippen molar-refractivity contribution in [1.82, 2.24) is 10.2 Å². The van der Waals surface area contributed by atoms with Crippen LogP contribution in [0, 0.1) is 5.92 Å². The van der Waals surface area contributed by atoms with Crippen molar-refractivity contribution in [3.8, 4) is 0 Å². The van der Waals surface area contributed by atoms with Gasteiger partial charge in [0.25, 0.3) is 0 Å². The molecule has 1 aliphatic rings. The van der Waals surface area contributed by atoms with Crippen molar-refractivity contribution < 1.29 is 4.74 Å². The van der Waals surface area contributed by atoms with Gasteiger partial charge < -0.3 is 15.8 Å². The number of ether oxygens (including phenoxy) is 1. The van der Waals surface area contributed by atoms with Crippen LogP contribution in [-0.4, -0.2) is 56.3 Å². The van der Waals surface area contributed by atoms with Crippen LogP contribution in [0.5, 0.6) is 0 Å². The molecular weight excluding hydrogens is 367 g/mol. The first kappa shape index (κ1) is 19.7. The Morgan fingerprint density at radius 2 is 2.00 bits per heavy atom. The zero-order valence-corrected chi connectivity index (χ0v) is 15.2. The molecule has 0 bridgehead atoms. The van der Waals surface area contributed by atoms with E-state index in [9.17, 15) is 0 Å². The first-order valence-corrected chi connectivity index (χ1v) is 7.00. The van der Waals surface area contributed by atoms with Gasteiger partial charge in [0.1, 0.15) is 0 Å². The van der Waals surface area contributed by atoms with Gasteiger partial charge in [0.15, 0.2) is 5.96 Å². The van der Waals surface area contributed by atoms with E-state index in [1.165, 1.54) is 0 Å². The van der Waals surface area contributed by atoms with Gasteiger partial charge in [-0.15, -0.1) is 24.0 Å². The van der Waals surface area contributed by atoms with Crippen LogP contribution in [0.25, 0.3) is 0 Å². The molecule has 1 unspecified atom stereocenters. The molecule has 0 amide bonds. The third-order valence-electron chi connectivity index (χ3n) is 3.30. The van der Waals surface area contributed by atoms with Gasteiger partial charge in [-0.25, -0.2) is 0 Å². The standard InChI is InChI=1S/C14H28N4O.HI/c1-11(2)9-16-14(15)17-10-13(12(3)4)18-5-7-19-8-6-18;/h12-13H,1,5-10H2,2-4H3,(H3,15,16,17);1H. The summed E-state index contributed by atoms with van der Waals surface area (Å²) in [6.45, 7) is 15.3. The molecule has 1 rings (SSSR count). The largest absolute Gasteiger partial charge is 0.379 e. The predicted octanol–water partition coefficient (Wildman–Crippen LogP) is 1.44. The lowest BCUT2D eigenvalue weighted by molar-refractivity contribution is 0.00868. The lowest BCUT2D eigenvalue weighted by atomic mass is 10.0. The zero-order valence-electron chi connectivity index (χ0n) is 12.9. The summed E-state index contributed by atoms with van der Waals surface area (Å²) in [7, 11) is 0. The van der Waals surface area contributed by atoms with Gasteiger partial charge in [-0.2, -0.15) is 0 Å². The molecule has 1 fully saturated rings. The average Bonchev–Trinajstić information content (AvgIpc) is 2.37. The summed E-state index contributed by atoms with van der Waals surface area (Å²) in [5, 5.41) is 3.06. The lowest BCUT2D eigenvalue weighted by Gasteiger charge is -2.36. The fraction of sp³-hybridized carbons (Fsp3) is 0.786. The zero-order chi connectivity index (χ0) is 14.3. The Morgan fingerprint density at radius 1 is 1.40 bits per heavy atom. The van der Waals surface area contributed by atoms with E-state index in [0.717, 1.165) is 38.4 Å². The van der Waals surface area contributed by atoms with Gasteiger partial charge in [-0.05, 0) is 12.8 Å². The summed E-state index contributed by atoms with van der Waals surface area (Å²) in [5.41, 5.74) is 6.90. The Kier molecular flexibility index (Phi) is 10.2. The molecular formula is C14H29IN4O. The SMILES string of the molecule is C=C(C)CNC(N)=NCC(C(C)C)N1CCOCC1.I. The highest BCUT2D eigenvalue weighted by molar-refractivity contribution is 14.0. The molecule has 0 aromatic carbocycles. The maximum absolute atomic E-state index is 5.85. The van der Waals surface area contributed by atoms with Crippen molar-refractivity contribution >= 4 is 29.9 Å². The molecule has 1 atom stereocenters. The maximum Gasteiger partial charge on any atom is 0.188 e. The van der Waals surface area contributed by atoms with E-state index < -0.39 is 0 Å². The third-order valence-corrected chi connectivity index (χ3v) is 3.30. The summed E-state index contributed by atoms with van der Waals surface area (Å²) in [5.74, 6) is 1.05. The summed E-state index contributed by atoms with van der Waals surface area (Å²) in [4.78, 5) is 6.90. The number of nitrogens with one attached hydrogen (secondary N) is 1. The van der Waals surface area contributed by atoms with Crippen molar-refractivity contribution in [3.63, 3.8) is 0 Å². The minimum atomic E-state index is 0. The number of morpholine rings is 1. The monoisotopic (exact) mass is 396 g/mol. The molecule has 0 spiro atoms. The highest BCUT2D eigenvalue weighted by Crippen LogP contribution is 2.13. The van der Waals surface area contributed by atoms with Crippen LogP contribution in [0.3, 0.4) is 0 Å². The Hall–Kier alpha value is -0.340. The van der Waals surface area contributed by atoms with Crippen molar-refractivity contribution in [2.45, 2.75) is 26.8 Å². The topological polar surface area (TPSA) is 62.9 Å². The number of rotatable bonds is 6. The second-order valence-corrected chi connectivity index (χ2v) is 5.50. The maximum atomic E-state index is 5.85. The average molecular weight is 396 g/mol. The number of halogens is 1. The van der Waals surface area contributed by atoms with Crippen molar-refractivity contribution in [3.05, 3.63) is 12.2 Å². The minimum absolute atomic E-state index is 0. The summed E-state index contributed by atoms with van der Waals surface area (Å²) < 4.78 is 5.40. The Morgan fingerprint density at radius 3 is 2.50 bits per heavy atom. The second kappa shape index (κ2) is 10.4. The van der Waals surface area contributed by atoms with Crippen LogP contribution in [0.2, 0.25) is 0 Å². The van der Waals surface area contributed by atoms with E-state index in [1.807, 2.05) is 6.92 Å². The second-order valence-electron chi connectivity index (χ2n) is 5.50. The molecule has 0 aliphatic carbocycles. The molecule has 5 nitrogen and oxygen atoms in total. The van der Waals surface area contributed by atoms with E-state index >= 15 is 0 Å². The van der Waals surface area contributed by atoms with Crippen LogP contribution in [0.15, 0.2) is 17.1 Å². The van der Waals surface area contributed by atoms with Crippen LogP contribution >= 0.6 is 24.0 Å². The smallest absolute Gasteiger partial charge is 0.188 e. The fourth-order valence-corrected chi connectivity index (χ4v) is 2.15. The van der Waals surface area contributed by atoms with Gasteiger partial charge in [-0.3, -0.25) is 9.89 Å². The molecule has 118 valence electrons. The Labute approximate surface area is 140 Å². The predicted molar refractivity (Wildman–Crippen MR) is 95.7 cm³/mol. The number of nitrogens with two attached hydrogens (primary N) is 1. The molecule has 0 aromatic rings. The quantitative estimate of drug-likeness (QED) is 0.309. The van der Waals surface area contributed by atoms with E-state index in [4.69, 9.17) is 10.5 Å². The van der Waals surface area contributed by atoms with Crippen molar-refractivity contribution in [1.29, 1.82) is 0 Å². The molecule has 0 aromatic heterocycles. The molecule has 3 N–H and O–H groups in total. The van der Waals surface area contributed by atoms with Crippen LogP contribution in [0.4, 0.5) is 0 Å². The van der Waals surface area contributed by atoms with Gasteiger partial charge in [0, 0.05) is 25.7 Å². The summed E-state index contributed by atoms with van der Waals surface area (Å²) in [6, 6.07) is 0.425. The number of aliphatic imine (C=N–C) groups is 1. The van der Waals surface area contributed by atoms with Gasteiger partial charge in [-0.1, -0.05) is 26.0 Å². The number of nitrogens with zero attached hydrogens (tertiary/aromatic N) is 2. The molecule has 0 radical (unpaired) electrons. The number of guanidine groups is 1. The van der Waals surface area contributed by atoms with Crippen LogP contribution in [0.1, 0.15) is 20.8 Å². The molecule has 1 aliphatic heterocycles. The molecule has 1 heterocycles. The summed E-state index contributed by atoms with van der Waals surface area (Å²) in [6.07, 6.45) is 0. The van der Waals surface area contributed by atoms with Crippen molar-refractivity contribution in [2.75, 3.05) is 39.4 Å². The number of hydrogen-bond donors (Lipinski definition) is 2. The molecule has 1 saturated heterocycles. The summed E-state index contributed by atoms with van der Waals surface area (Å²) >= 11 is 0.